The van der Waals surface area contributed by atoms with E-state index < -0.39 is 48.8 Å². The maximum Gasteiger partial charge on any atom is 0.420 e. The molecule has 1 N–H and O–H groups in total. The Morgan fingerprint density at radius 1 is 1.10 bits per heavy atom. The average molecular weight is 332 g/mol. The zero-order valence-electron chi connectivity index (χ0n) is 10.8. The summed E-state index contributed by atoms with van der Waals surface area (Å²) in [6.45, 7) is -1.02. The van der Waals surface area contributed by atoms with Crippen molar-refractivity contribution in [1.82, 2.24) is 0 Å². The second kappa shape index (κ2) is 5.93. The zero-order valence-corrected chi connectivity index (χ0v) is 10.8. The van der Waals surface area contributed by atoms with Crippen LogP contribution in [0.15, 0.2) is 0 Å². The minimum Gasteiger partial charge on any atom is -0.458 e. The number of carbonyl (C=O) groups is 1. The molecule has 2 unspecified atom stereocenters. The molecular formula is C10H12F8O3. The molecule has 0 radical (unpaired) electrons. The molecule has 0 rings (SSSR count). The Hall–Kier alpha value is -1.13. The van der Waals surface area contributed by atoms with Gasteiger partial charge < -0.3 is 9.84 Å². The first-order valence-corrected chi connectivity index (χ1v) is 5.46. The maximum absolute atomic E-state index is 12.9. The first-order chi connectivity index (χ1) is 9.09. The molecule has 126 valence electrons. The lowest BCUT2D eigenvalue weighted by Gasteiger charge is -2.30. The van der Waals surface area contributed by atoms with Crippen molar-refractivity contribution in [3.8, 4) is 0 Å². The number of rotatable bonds is 5. The van der Waals surface area contributed by atoms with Crippen LogP contribution >= 0.6 is 0 Å². The second-order valence-corrected chi connectivity index (χ2v) is 4.46. The van der Waals surface area contributed by atoms with Crippen molar-refractivity contribution in [3.05, 3.63) is 0 Å². The zero-order chi connectivity index (χ0) is 17.3. The fraction of sp³-hybridized carbons (Fsp3) is 0.900. The minimum absolute atomic E-state index is 0.369. The summed E-state index contributed by atoms with van der Waals surface area (Å²) in [5.74, 6) is -7.11. The van der Waals surface area contributed by atoms with E-state index in [2.05, 4.69) is 4.74 Å². The molecule has 0 bridgehead atoms. The largest absolute Gasteiger partial charge is 0.458 e. The highest BCUT2D eigenvalue weighted by Gasteiger charge is 2.59. The number of ether oxygens (including phenoxy) is 1. The number of carbonyl (C=O) groups excluding carboxylic acids is 1. The van der Waals surface area contributed by atoms with Crippen LogP contribution in [0, 0.1) is 5.41 Å². The quantitative estimate of drug-likeness (QED) is 0.622. The van der Waals surface area contributed by atoms with Crippen molar-refractivity contribution < 1.29 is 49.8 Å². The molecule has 0 saturated carbocycles. The highest BCUT2D eigenvalue weighted by atomic mass is 19.4. The lowest BCUT2D eigenvalue weighted by atomic mass is 9.87. The van der Waals surface area contributed by atoms with Gasteiger partial charge >= 0.3 is 24.2 Å². The van der Waals surface area contributed by atoms with Gasteiger partial charge in [-0.2, -0.15) is 35.1 Å². The number of alkyl halides is 8. The van der Waals surface area contributed by atoms with Crippen LogP contribution < -0.4 is 0 Å². The summed E-state index contributed by atoms with van der Waals surface area (Å²) in [5, 5.41) is 8.36. The Balaban J connectivity index is 4.98. The Kier molecular flexibility index (Phi) is 5.61. The Labute approximate surface area is 113 Å². The predicted molar refractivity (Wildman–Crippen MR) is 52.4 cm³/mol. The van der Waals surface area contributed by atoms with Crippen LogP contribution in [-0.2, 0) is 9.53 Å². The Bertz CT molecular complexity index is 375. The molecular weight excluding hydrogens is 320 g/mol. The maximum atomic E-state index is 12.9. The molecule has 2 atom stereocenters. The monoisotopic (exact) mass is 332 g/mol. The van der Waals surface area contributed by atoms with Crippen LogP contribution in [-0.4, -0.2) is 42.1 Å². The molecule has 0 aliphatic rings. The fourth-order valence-corrected chi connectivity index (χ4v) is 1.10. The Morgan fingerprint density at radius 2 is 1.52 bits per heavy atom. The van der Waals surface area contributed by atoms with Gasteiger partial charge in [-0.1, -0.05) is 6.92 Å². The summed E-state index contributed by atoms with van der Waals surface area (Å²) in [4.78, 5) is 11.2. The van der Waals surface area contributed by atoms with Crippen LogP contribution in [0.3, 0.4) is 0 Å². The summed E-state index contributed by atoms with van der Waals surface area (Å²) >= 11 is 0. The van der Waals surface area contributed by atoms with Crippen LogP contribution in [0.2, 0.25) is 0 Å². The van der Waals surface area contributed by atoms with E-state index in [1.807, 2.05) is 0 Å². The smallest absolute Gasteiger partial charge is 0.420 e. The number of hydrogen-bond acceptors (Lipinski definition) is 3. The van der Waals surface area contributed by atoms with Gasteiger partial charge in [0.15, 0.2) is 12.0 Å². The molecule has 11 heteroatoms. The number of halogens is 8. The van der Waals surface area contributed by atoms with Crippen LogP contribution in [0.5, 0.6) is 0 Å². The lowest BCUT2D eigenvalue weighted by Crippen LogP contribution is -2.50. The van der Waals surface area contributed by atoms with Crippen molar-refractivity contribution in [3.63, 3.8) is 0 Å². The molecule has 0 heterocycles. The Morgan fingerprint density at radius 3 is 1.81 bits per heavy atom. The van der Waals surface area contributed by atoms with Gasteiger partial charge in [-0.05, 0) is 13.3 Å². The molecule has 0 fully saturated rings. The van der Waals surface area contributed by atoms with E-state index in [9.17, 15) is 39.9 Å². The van der Waals surface area contributed by atoms with Crippen LogP contribution in [0.4, 0.5) is 35.1 Å². The van der Waals surface area contributed by atoms with E-state index in [4.69, 9.17) is 5.11 Å². The van der Waals surface area contributed by atoms with E-state index in [1.165, 1.54) is 0 Å². The number of aliphatic hydroxyl groups is 1. The SMILES string of the molecule is CCC(C)(C(=O)OCC(F)(F)C(O)C(F)(F)F)C(F)(F)F. The molecule has 0 aliphatic carbocycles. The molecule has 0 aromatic rings. The van der Waals surface area contributed by atoms with Crippen molar-refractivity contribution >= 4 is 5.97 Å². The van der Waals surface area contributed by atoms with Gasteiger partial charge in [0.05, 0.1) is 0 Å². The number of esters is 1. The highest BCUT2D eigenvalue weighted by molar-refractivity contribution is 5.77. The molecule has 0 spiro atoms. The standard InChI is InChI=1S/C10H12F8O3/c1-3-7(2,10(16,17)18)6(20)21-4-8(11,12)5(19)9(13,14)15/h5,19H,3-4H2,1-2H3. The van der Waals surface area contributed by atoms with Gasteiger partial charge in [-0.15, -0.1) is 0 Å². The first kappa shape index (κ1) is 19.9. The third-order valence-corrected chi connectivity index (χ3v) is 2.89. The topological polar surface area (TPSA) is 46.5 Å². The number of aliphatic hydroxyl groups excluding tert-OH is 1. The van der Waals surface area contributed by atoms with Gasteiger partial charge in [0.2, 0.25) is 6.10 Å². The first-order valence-electron chi connectivity index (χ1n) is 5.46. The van der Waals surface area contributed by atoms with Crippen LogP contribution in [0.25, 0.3) is 0 Å². The molecule has 3 nitrogen and oxygen atoms in total. The lowest BCUT2D eigenvalue weighted by molar-refractivity contribution is -0.281. The molecule has 0 aliphatic heterocycles. The second-order valence-electron chi connectivity index (χ2n) is 4.46. The van der Waals surface area contributed by atoms with Gasteiger partial charge in [0.1, 0.15) is 0 Å². The van der Waals surface area contributed by atoms with E-state index in [1.54, 1.807) is 0 Å². The highest BCUT2D eigenvalue weighted by Crippen LogP contribution is 2.42. The van der Waals surface area contributed by atoms with E-state index in [0.717, 1.165) is 6.92 Å². The number of hydrogen-bond donors (Lipinski definition) is 1. The summed E-state index contributed by atoms with van der Waals surface area (Å²) in [7, 11) is 0. The summed E-state index contributed by atoms with van der Waals surface area (Å²) in [6.07, 6.45) is -15.9. The van der Waals surface area contributed by atoms with E-state index in [-0.39, 0.29) is 0 Å². The summed E-state index contributed by atoms with van der Waals surface area (Å²) in [6, 6.07) is 0. The van der Waals surface area contributed by atoms with E-state index in [0.29, 0.717) is 6.92 Å². The predicted octanol–water partition coefficient (Wildman–Crippen LogP) is 3.07. The van der Waals surface area contributed by atoms with Gasteiger partial charge in [0.25, 0.3) is 0 Å². The van der Waals surface area contributed by atoms with Gasteiger partial charge in [0, 0.05) is 0 Å². The minimum atomic E-state index is -5.71. The summed E-state index contributed by atoms with van der Waals surface area (Å²) in [5.41, 5.74) is -3.13. The van der Waals surface area contributed by atoms with Crippen molar-refractivity contribution in [2.45, 2.75) is 44.6 Å². The van der Waals surface area contributed by atoms with Crippen molar-refractivity contribution in [2.75, 3.05) is 6.61 Å². The third kappa shape index (κ3) is 4.42. The fourth-order valence-electron chi connectivity index (χ4n) is 1.10. The molecule has 0 amide bonds. The normalized spacial score (nSPS) is 18.0. The van der Waals surface area contributed by atoms with E-state index >= 15 is 0 Å². The van der Waals surface area contributed by atoms with Gasteiger partial charge in [-0.25, -0.2) is 0 Å². The third-order valence-electron chi connectivity index (χ3n) is 2.89. The van der Waals surface area contributed by atoms with Crippen LogP contribution in [0.1, 0.15) is 20.3 Å². The van der Waals surface area contributed by atoms with Crippen molar-refractivity contribution in [1.29, 1.82) is 0 Å². The molecule has 0 saturated heterocycles. The molecule has 21 heavy (non-hydrogen) atoms. The molecule has 0 aromatic heterocycles. The average Bonchev–Trinajstić information content (AvgIpc) is 2.31. The summed E-state index contributed by atoms with van der Waals surface area (Å²) < 4.78 is 103. The van der Waals surface area contributed by atoms with Crippen molar-refractivity contribution in [2.24, 2.45) is 5.41 Å². The molecule has 0 aromatic carbocycles. The van der Waals surface area contributed by atoms with Gasteiger partial charge in [-0.3, -0.25) is 4.79 Å².